The van der Waals surface area contributed by atoms with Gasteiger partial charge in [-0.15, -0.1) is 0 Å². The second-order valence-corrected chi connectivity index (χ2v) is 8.45. The summed E-state index contributed by atoms with van der Waals surface area (Å²) >= 11 is 0. The van der Waals surface area contributed by atoms with E-state index in [0.29, 0.717) is 19.5 Å². The molecule has 140 valence electrons. The van der Waals surface area contributed by atoms with Gasteiger partial charge in [-0.1, -0.05) is 67.9 Å². The van der Waals surface area contributed by atoms with E-state index < -0.39 is 0 Å². The number of hydrogen-bond donors (Lipinski definition) is 0. The molecule has 2 aliphatic rings. The maximum absolute atomic E-state index is 12.9. The van der Waals surface area contributed by atoms with Gasteiger partial charge in [0, 0.05) is 18.5 Å². The SMILES string of the molecule is Cc1ccc(CC(=O)N2CC(=O)N3CC(C)(C)c4ccccc4C3C2)cc1. The average Bonchev–Trinajstić information content (AvgIpc) is 2.64. The molecular formula is C23H26N2O2. The molecule has 0 radical (unpaired) electrons. The first-order valence-electron chi connectivity index (χ1n) is 9.57. The molecular weight excluding hydrogens is 336 g/mol. The van der Waals surface area contributed by atoms with Crippen LogP contribution in [0.5, 0.6) is 0 Å². The number of nitrogens with zero attached hydrogens (tertiary/aromatic N) is 2. The van der Waals surface area contributed by atoms with Crippen molar-refractivity contribution in [2.75, 3.05) is 19.6 Å². The predicted molar refractivity (Wildman–Crippen MR) is 105 cm³/mol. The van der Waals surface area contributed by atoms with E-state index in [9.17, 15) is 9.59 Å². The van der Waals surface area contributed by atoms with Crippen LogP contribution in [0.25, 0.3) is 0 Å². The third kappa shape index (κ3) is 3.25. The molecule has 1 atom stereocenters. The van der Waals surface area contributed by atoms with Crippen LogP contribution in [-0.2, 0) is 21.4 Å². The molecule has 1 unspecified atom stereocenters. The summed E-state index contributed by atoms with van der Waals surface area (Å²) in [4.78, 5) is 29.4. The van der Waals surface area contributed by atoms with Crippen molar-refractivity contribution in [3.8, 4) is 0 Å². The molecule has 1 saturated heterocycles. The van der Waals surface area contributed by atoms with Gasteiger partial charge in [0.1, 0.15) is 0 Å². The number of fused-ring (bicyclic) bond motifs is 3. The number of amides is 2. The second kappa shape index (κ2) is 6.52. The molecule has 4 rings (SSSR count). The van der Waals surface area contributed by atoms with Gasteiger partial charge in [-0.25, -0.2) is 0 Å². The van der Waals surface area contributed by atoms with E-state index >= 15 is 0 Å². The second-order valence-electron chi connectivity index (χ2n) is 8.45. The monoisotopic (exact) mass is 362 g/mol. The van der Waals surface area contributed by atoms with Crippen LogP contribution >= 0.6 is 0 Å². The minimum atomic E-state index is -0.0726. The first-order chi connectivity index (χ1) is 12.8. The zero-order valence-electron chi connectivity index (χ0n) is 16.2. The van der Waals surface area contributed by atoms with Gasteiger partial charge in [0.15, 0.2) is 0 Å². The molecule has 0 aromatic heterocycles. The molecule has 0 bridgehead atoms. The minimum absolute atomic E-state index is 0.0224. The van der Waals surface area contributed by atoms with Gasteiger partial charge in [0.2, 0.25) is 11.8 Å². The molecule has 2 heterocycles. The number of benzene rings is 2. The van der Waals surface area contributed by atoms with Crippen molar-refractivity contribution in [1.29, 1.82) is 0 Å². The van der Waals surface area contributed by atoms with Crippen LogP contribution in [0, 0.1) is 6.92 Å². The molecule has 1 fully saturated rings. The highest BCUT2D eigenvalue weighted by Crippen LogP contribution is 2.41. The van der Waals surface area contributed by atoms with Crippen molar-refractivity contribution < 1.29 is 9.59 Å². The Morgan fingerprint density at radius 2 is 1.81 bits per heavy atom. The Balaban J connectivity index is 1.58. The summed E-state index contributed by atoms with van der Waals surface area (Å²) in [5.41, 5.74) is 4.56. The van der Waals surface area contributed by atoms with E-state index in [-0.39, 0.29) is 29.8 Å². The van der Waals surface area contributed by atoms with Crippen molar-refractivity contribution in [2.24, 2.45) is 0 Å². The van der Waals surface area contributed by atoms with Crippen LogP contribution in [-0.4, -0.2) is 41.2 Å². The molecule has 0 N–H and O–H groups in total. The molecule has 2 aliphatic heterocycles. The lowest BCUT2D eigenvalue weighted by molar-refractivity contribution is -0.150. The lowest BCUT2D eigenvalue weighted by atomic mass is 9.75. The Morgan fingerprint density at radius 3 is 2.56 bits per heavy atom. The largest absolute Gasteiger partial charge is 0.331 e. The zero-order valence-corrected chi connectivity index (χ0v) is 16.2. The molecule has 2 amide bonds. The van der Waals surface area contributed by atoms with Crippen LogP contribution in [0.15, 0.2) is 48.5 Å². The summed E-state index contributed by atoms with van der Waals surface area (Å²) in [6, 6.07) is 16.3. The van der Waals surface area contributed by atoms with Crippen molar-refractivity contribution >= 4 is 11.8 Å². The average molecular weight is 362 g/mol. The number of rotatable bonds is 2. The van der Waals surface area contributed by atoms with E-state index in [0.717, 1.165) is 5.56 Å². The predicted octanol–water partition coefficient (Wildman–Crippen LogP) is 3.24. The summed E-state index contributed by atoms with van der Waals surface area (Å²) in [6.07, 6.45) is 0.341. The number of aryl methyl sites for hydroxylation is 1. The minimum Gasteiger partial charge on any atom is -0.331 e. The van der Waals surface area contributed by atoms with Crippen LogP contribution in [0.2, 0.25) is 0 Å². The normalized spacial score (nSPS) is 20.9. The van der Waals surface area contributed by atoms with Crippen LogP contribution < -0.4 is 0 Å². The van der Waals surface area contributed by atoms with Crippen LogP contribution in [0.3, 0.4) is 0 Å². The fourth-order valence-electron chi connectivity index (χ4n) is 4.36. The summed E-state index contributed by atoms with van der Waals surface area (Å²) < 4.78 is 0. The van der Waals surface area contributed by atoms with Gasteiger partial charge in [-0.3, -0.25) is 9.59 Å². The first-order valence-corrected chi connectivity index (χ1v) is 9.57. The van der Waals surface area contributed by atoms with E-state index in [1.807, 2.05) is 42.2 Å². The highest BCUT2D eigenvalue weighted by Gasteiger charge is 2.43. The maximum Gasteiger partial charge on any atom is 0.242 e. The quantitative estimate of drug-likeness (QED) is 0.823. The summed E-state index contributed by atoms with van der Waals surface area (Å²) in [6.45, 7) is 7.86. The van der Waals surface area contributed by atoms with Gasteiger partial charge in [0.25, 0.3) is 0 Å². The highest BCUT2D eigenvalue weighted by molar-refractivity contribution is 5.88. The zero-order chi connectivity index (χ0) is 19.2. The van der Waals surface area contributed by atoms with Crippen LogP contribution in [0.4, 0.5) is 0 Å². The lowest BCUT2D eigenvalue weighted by Gasteiger charge is -2.49. The molecule has 2 aromatic carbocycles. The molecule has 0 saturated carbocycles. The Kier molecular flexibility index (Phi) is 4.29. The fraction of sp³-hybridized carbons (Fsp3) is 0.391. The first kappa shape index (κ1) is 17.8. The Hall–Kier alpha value is -2.62. The molecule has 27 heavy (non-hydrogen) atoms. The van der Waals surface area contributed by atoms with Gasteiger partial charge in [-0.05, 0) is 23.6 Å². The number of hydrogen-bond acceptors (Lipinski definition) is 2. The number of carbonyl (C=O) groups excluding carboxylic acids is 2. The lowest BCUT2D eigenvalue weighted by Crippen LogP contribution is -2.58. The number of piperazine rings is 1. The molecule has 0 spiro atoms. The highest BCUT2D eigenvalue weighted by atomic mass is 16.2. The maximum atomic E-state index is 12.9. The van der Waals surface area contributed by atoms with Gasteiger partial charge < -0.3 is 9.80 Å². The third-order valence-corrected chi connectivity index (χ3v) is 5.86. The third-order valence-electron chi connectivity index (χ3n) is 5.86. The smallest absolute Gasteiger partial charge is 0.242 e. The van der Waals surface area contributed by atoms with Gasteiger partial charge in [-0.2, -0.15) is 0 Å². The number of carbonyl (C=O) groups is 2. The Labute approximate surface area is 160 Å². The van der Waals surface area contributed by atoms with Crippen molar-refractivity contribution in [3.05, 3.63) is 70.8 Å². The fourth-order valence-corrected chi connectivity index (χ4v) is 4.36. The van der Waals surface area contributed by atoms with Crippen LogP contribution in [0.1, 0.15) is 42.1 Å². The van der Waals surface area contributed by atoms with E-state index in [2.05, 4.69) is 32.0 Å². The molecule has 0 aliphatic carbocycles. The summed E-state index contributed by atoms with van der Waals surface area (Å²) in [5, 5.41) is 0. The van der Waals surface area contributed by atoms with E-state index in [1.165, 1.54) is 16.7 Å². The van der Waals surface area contributed by atoms with Gasteiger partial charge >= 0.3 is 0 Å². The van der Waals surface area contributed by atoms with Crippen molar-refractivity contribution in [2.45, 2.75) is 38.6 Å². The Bertz CT molecular complexity index is 886. The van der Waals surface area contributed by atoms with Crippen molar-refractivity contribution in [1.82, 2.24) is 9.80 Å². The topological polar surface area (TPSA) is 40.6 Å². The van der Waals surface area contributed by atoms with E-state index in [4.69, 9.17) is 0 Å². The standard InChI is InChI=1S/C23H26N2O2/c1-16-8-10-17(11-9-16)12-21(26)24-13-20-18-6-4-5-7-19(18)23(2,3)15-25(20)22(27)14-24/h4-11,20H,12-15H2,1-3H3. The molecule has 4 heteroatoms. The van der Waals surface area contributed by atoms with E-state index in [1.54, 1.807) is 4.90 Å². The molecule has 4 nitrogen and oxygen atoms in total. The molecule has 2 aromatic rings. The van der Waals surface area contributed by atoms with Crippen molar-refractivity contribution in [3.63, 3.8) is 0 Å². The van der Waals surface area contributed by atoms with Gasteiger partial charge in [0.05, 0.1) is 19.0 Å². The Morgan fingerprint density at radius 1 is 1.11 bits per heavy atom. The summed E-state index contributed by atoms with van der Waals surface area (Å²) in [7, 11) is 0. The summed E-state index contributed by atoms with van der Waals surface area (Å²) in [5.74, 6) is 0.0697.